The van der Waals surface area contributed by atoms with Crippen LogP contribution in [-0.4, -0.2) is 14.5 Å². The quantitative estimate of drug-likeness (QED) is 0.169. The monoisotopic (exact) mass is 673 g/mol. The Morgan fingerprint density at radius 1 is 0.519 bits per heavy atom. The van der Waals surface area contributed by atoms with E-state index in [2.05, 4.69) is 166 Å². The summed E-state index contributed by atoms with van der Waals surface area (Å²) in [5.74, 6) is 1.35. The first-order valence-corrected chi connectivity index (χ1v) is 18.1. The molecule has 6 aromatic carbocycles. The highest BCUT2D eigenvalue weighted by Crippen LogP contribution is 2.43. The Balaban J connectivity index is 1.23. The number of hydrogen-bond acceptors (Lipinski definition) is 3. The highest BCUT2D eigenvalue weighted by molar-refractivity contribution is 6.10. The summed E-state index contributed by atoms with van der Waals surface area (Å²) in [6.45, 7) is 9.12. The van der Waals surface area contributed by atoms with Crippen LogP contribution in [0.1, 0.15) is 50.7 Å². The van der Waals surface area contributed by atoms with Crippen LogP contribution >= 0.6 is 0 Å². The number of benzene rings is 6. The second-order valence-electron chi connectivity index (χ2n) is 14.2. The first-order valence-electron chi connectivity index (χ1n) is 18.1. The molecule has 0 unspecified atom stereocenters. The highest BCUT2D eigenvalue weighted by Gasteiger charge is 2.26. The topological polar surface area (TPSA) is 43.9 Å². The summed E-state index contributed by atoms with van der Waals surface area (Å²) < 4.78 is 9.18. The van der Waals surface area contributed by atoms with Crippen molar-refractivity contribution in [3.63, 3.8) is 0 Å². The molecule has 0 spiro atoms. The molecule has 0 radical (unpaired) electrons. The normalized spacial score (nSPS) is 11.8. The molecule has 0 fully saturated rings. The van der Waals surface area contributed by atoms with E-state index in [1.54, 1.807) is 0 Å². The van der Waals surface area contributed by atoms with Crippen LogP contribution in [0.2, 0.25) is 0 Å². The van der Waals surface area contributed by atoms with E-state index in [4.69, 9.17) is 14.4 Å². The van der Waals surface area contributed by atoms with Gasteiger partial charge in [-0.05, 0) is 98.8 Å². The Hall–Kier alpha value is -6.26. The van der Waals surface area contributed by atoms with Crippen molar-refractivity contribution in [3.05, 3.63) is 163 Å². The summed E-state index contributed by atoms with van der Waals surface area (Å²) >= 11 is 0. The van der Waals surface area contributed by atoms with Gasteiger partial charge in [0, 0.05) is 17.0 Å². The molecule has 252 valence electrons. The zero-order chi connectivity index (χ0) is 35.3. The van der Waals surface area contributed by atoms with Gasteiger partial charge in [-0.3, -0.25) is 4.57 Å². The Labute approximate surface area is 304 Å². The molecular formula is C48H39N3O. The van der Waals surface area contributed by atoms with Gasteiger partial charge in [0.05, 0.1) is 16.8 Å². The van der Waals surface area contributed by atoms with Crippen molar-refractivity contribution in [2.24, 2.45) is 0 Å². The molecule has 0 amide bonds. The van der Waals surface area contributed by atoms with Crippen molar-refractivity contribution in [1.82, 2.24) is 14.5 Å². The molecule has 0 saturated heterocycles. The largest absolute Gasteiger partial charge is 0.455 e. The zero-order valence-electron chi connectivity index (χ0n) is 29.8. The lowest BCUT2D eigenvalue weighted by Gasteiger charge is -2.24. The van der Waals surface area contributed by atoms with Gasteiger partial charge in [0.25, 0.3) is 0 Å². The minimum Gasteiger partial charge on any atom is -0.455 e. The van der Waals surface area contributed by atoms with E-state index >= 15 is 0 Å². The van der Waals surface area contributed by atoms with Crippen molar-refractivity contribution in [3.8, 4) is 50.5 Å². The smallest absolute Gasteiger partial charge is 0.178 e. The van der Waals surface area contributed by atoms with Crippen LogP contribution in [0.5, 0.6) is 0 Å². The molecule has 3 aromatic heterocycles. The van der Waals surface area contributed by atoms with Crippen LogP contribution in [0.4, 0.5) is 0 Å². The van der Waals surface area contributed by atoms with E-state index < -0.39 is 0 Å². The molecular weight excluding hydrogens is 635 g/mol. The van der Waals surface area contributed by atoms with Crippen LogP contribution in [-0.2, 0) is 0 Å². The fourth-order valence-corrected chi connectivity index (χ4v) is 7.58. The Morgan fingerprint density at radius 2 is 1.12 bits per heavy atom. The Kier molecular flexibility index (Phi) is 7.81. The van der Waals surface area contributed by atoms with Gasteiger partial charge >= 0.3 is 0 Å². The number of aromatic nitrogens is 3. The van der Waals surface area contributed by atoms with E-state index in [-0.39, 0.29) is 11.8 Å². The Bertz CT molecular complexity index is 2690. The van der Waals surface area contributed by atoms with Gasteiger partial charge in [0.2, 0.25) is 0 Å². The van der Waals surface area contributed by atoms with Gasteiger partial charge < -0.3 is 4.42 Å². The van der Waals surface area contributed by atoms with Crippen LogP contribution in [0.25, 0.3) is 83.6 Å². The third-order valence-corrected chi connectivity index (χ3v) is 10.2. The van der Waals surface area contributed by atoms with Crippen LogP contribution in [0.15, 0.2) is 156 Å². The maximum atomic E-state index is 6.84. The van der Waals surface area contributed by atoms with Gasteiger partial charge in [-0.15, -0.1) is 0 Å². The summed E-state index contributed by atoms with van der Waals surface area (Å²) in [7, 11) is 0. The number of furan rings is 1. The molecule has 52 heavy (non-hydrogen) atoms. The number of imidazole rings is 1. The number of nitrogens with zero attached hydrogens (tertiary/aromatic N) is 3. The summed E-state index contributed by atoms with van der Waals surface area (Å²) in [5, 5.41) is 2.15. The van der Waals surface area contributed by atoms with Crippen LogP contribution < -0.4 is 0 Å². The molecule has 0 aliphatic carbocycles. The second kappa shape index (κ2) is 12.8. The van der Waals surface area contributed by atoms with Gasteiger partial charge in [0.15, 0.2) is 11.5 Å². The van der Waals surface area contributed by atoms with Gasteiger partial charge in [-0.1, -0.05) is 131 Å². The van der Waals surface area contributed by atoms with E-state index in [1.807, 2.05) is 18.3 Å². The van der Waals surface area contributed by atoms with Gasteiger partial charge in [-0.2, -0.15) is 0 Å². The molecule has 9 rings (SSSR count). The van der Waals surface area contributed by atoms with Crippen LogP contribution in [0, 0.1) is 0 Å². The standard InChI is InChI=1S/C48H39N3O/c1-30(2)41-27-37(33-15-9-6-10-16-33)28-42(31(3)4)45(41)51-43-19-12-26-49-47(43)50-48(51)40-18-11-17-39-38-25-24-36(29-44(38)52-46(39)40)35-22-20-34(21-23-35)32-13-7-5-8-14-32/h5-31H,1-4H3. The number of rotatable bonds is 7. The lowest BCUT2D eigenvalue weighted by Crippen LogP contribution is -2.09. The lowest BCUT2D eigenvalue weighted by molar-refractivity contribution is 0.669. The molecule has 3 heterocycles. The maximum Gasteiger partial charge on any atom is 0.178 e. The fourth-order valence-electron chi connectivity index (χ4n) is 7.58. The average molecular weight is 674 g/mol. The predicted molar refractivity (Wildman–Crippen MR) is 216 cm³/mol. The molecule has 0 bridgehead atoms. The SMILES string of the molecule is CC(C)c1cc(-c2ccccc2)cc(C(C)C)c1-n1c(-c2cccc3c2oc2cc(-c4ccc(-c5ccccc5)cc4)ccc23)nc2ncccc21. The zero-order valence-corrected chi connectivity index (χ0v) is 29.8. The van der Waals surface area contributed by atoms with E-state index in [1.165, 1.54) is 39.1 Å². The second-order valence-corrected chi connectivity index (χ2v) is 14.2. The third-order valence-electron chi connectivity index (χ3n) is 10.2. The maximum absolute atomic E-state index is 6.84. The highest BCUT2D eigenvalue weighted by atomic mass is 16.3. The molecule has 4 heteroatoms. The van der Waals surface area contributed by atoms with Crippen molar-refractivity contribution >= 4 is 33.1 Å². The predicted octanol–water partition coefficient (Wildman–Crippen LogP) is 13.2. The van der Waals surface area contributed by atoms with E-state index in [0.717, 1.165) is 50.0 Å². The molecule has 4 nitrogen and oxygen atoms in total. The van der Waals surface area contributed by atoms with Crippen molar-refractivity contribution in [2.75, 3.05) is 0 Å². The average Bonchev–Trinajstić information content (AvgIpc) is 3.76. The summed E-state index contributed by atoms with van der Waals surface area (Å²) in [5.41, 5.74) is 15.1. The number of pyridine rings is 1. The van der Waals surface area contributed by atoms with E-state index in [0.29, 0.717) is 5.65 Å². The molecule has 0 saturated carbocycles. The molecule has 9 aromatic rings. The minimum absolute atomic E-state index is 0.264. The fraction of sp³-hybridized carbons (Fsp3) is 0.125. The number of fused-ring (bicyclic) bond motifs is 4. The van der Waals surface area contributed by atoms with Gasteiger partial charge in [0.1, 0.15) is 11.2 Å². The molecule has 0 aliphatic rings. The minimum atomic E-state index is 0.264. The first-order chi connectivity index (χ1) is 25.4. The molecule has 0 atom stereocenters. The molecule has 0 aliphatic heterocycles. The lowest BCUT2D eigenvalue weighted by atomic mass is 9.88. The summed E-state index contributed by atoms with van der Waals surface area (Å²) in [6.07, 6.45) is 1.82. The number of hydrogen-bond donors (Lipinski definition) is 0. The first kappa shape index (κ1) is 31.7. The summed E-state index contributed by atoms with van der Waals surface area (Å²) in [4.78, 5) is 10.0. The van der Waals surface area contributed by atoms with Crippen molar-refractivity contribution in [2.45, 2.75) is 39.5 Å². The molecule has 0 N–H and O–H groups in total. The van der Waals surface area contributed by atoms with Crippen molar-refractivity contribution in [1.29, 1.82) is 0 Å². The van der Waals surface area contributed by atoms with E-state index in [9.17, 15) is 0 Å². The summed E-state index contributed by atoms with van der Waals surface area (Å²) in [6, 6.07) is 51.7. The van der Waals surface area contributed by atoms with Crippen LogP contribution in [0.3, 0.4) is 0 Å². The van der Waals surface area contributed by atoms with Gasteiger partial charge in [-0.25, -0.2) is 9.97 Å². The Morgan fingerprint density at radius 3 is 1.77 bits per heavy atom. The number of para-hydroxylation sites is 1. The third kappa shape index (κ3) is 5.39. The van der Waals surface area contributed by atoms with Crippen molar-refractivity contribution < 1.29 is 4.42 Å².